The normalized spacial score (nSPS) is 10.6. The van der Waals surface area contributed by atoms with Crippen LogP contribution >= 0.6 is 22.6 Å². The van der Waals surface area contributed by atoms with Crippen LogP contribution < -0.4 is 25.5 Å². The Balaban J connectivity index is 1.57. The van der Waals surface area contributed by atoms with Crippen LogP contribution in [0.2, 0.25) is 0 Å². The number of aryl methyl sites for hydroxylation is 1. The minimum Gasteiger partial charge on any atom is -0.490 e. The Bertz CT molecular complexity index is 1230. The molecule has 0 aliphatic heterocycles. The summed E-state index contributed by atoms with van der Waals surface area (Å²) >= 11 is 2.06. The van der Waals surface area contributed by atoms with Gasteiger partial charge >= 0.3 is 11.8 Å². The second-order valence-electron chi connectivity index (χ2n) is 7.43. The van der Waals surface area contributed by atoms with Gasteiger partial charge in [0.05, 0.1) is 29.2 Å². The molecule has 1 heterocycles. The van der Waals surface area contributed by atoms with E-state index in [1.165, 1.54) is 12.5 Å². The molecule has 0 aliphatic rings. The van der Waals surface area contributed by atoms with E-state index < -0.39 is 11.8 Å². The van der Waals surface area contributed by atoms with E-state index in [-0.39, 0.29) is 19.1 Å². The summed E-state index contributed by atoms with van der Waals surface area (Å²) < 4.78 is 17.2. The first-order valence-electron chi connectivity index (χ1n) is 10.9. The Hall–Kier alpha value is -3.87. The molecule has 2 aromatic carbocycles. The number of ether oxygens (including phenoxy) is 2. The van der Waals surface area contributed by atoms with Crippen molar-refractivity contribution in [2.24, 2.45) is 5.10 Å². The summed E-state index contributed by atoms with van der Waals surface area (Å²) in [6, 6.07) is 14.2. The lowest BCUT2D eigenvalue weighted by Gasteiger charge is -2.14. The van der Waals surface area contributed by atoms with Crippen LogP contribution in [0.5, 0.6) is 11.5 Å². The van der Waals surface area contributed by atoms with E-state index in [0.717, 1.165) is 5.56 Å². The molecule has 0 saturated carbocycles. The fraction of sp³-hybridized carbons (Fsp3) is 0.200. The summed E-state index contributed by atoms with van der Waals surface area (Å²) in [6.07, 6.45) is 2.84. The molecule has 1 aromatic heterocycles. The monoisotopic (exact) mass is 604 g/mol. The number of amides is 3. The predicted molar refractivity (Wildman–Crippen MR) is 142 cm³/mol. The van der Waals surface area contributed by atoms with Gasteiger partial charge in [0.2, 0.25) is 0 Å². The van der Waals surface area contributed by atoms with Gasteiger partial charge in [0.15, 0.2) is 18.1 Å². The molecular formula is C25H25IN4O6. The van der Waals surface area contributed by atoms with Crippen molar-refractivity contribution in [3.05, 3.63) is 75.3 Å². The van der Waals surface area contributed by atoms with Gasteiger partial charge in [0.25, 0.3) is 5.91 Å². The van der Waals surface area contributed by atoms with Crippen LogP contribution in [0, 0.1) is 10.5 Å². The van der Waals surface area contributed by atoms with Gasteiger partial charge in [-0.25, -0.2) is 5.43 Å². The molecule has 0 unspecified atom stereocenters. The number of furan rings is 1. The zero-order valence-corrected chi connectivity index (χ0v) is 21.8. The summed E-state index contributed by atoms with van der Waals surface area (Å²) in [5, 5.41) is 9.04. The fourth-order valence-electron chi connectivity index (χ4n) is 2.91. The van der Waals surface area contributed by atoms with Crippen LogP contribution in [-0.4, -0.2) is 37.1 Å². The lowest BCUT2D eigenvalue weighted by Crippen LogP contribution is -2.37. The number of hydrogen-bond acceptors (Lipinski definition) is 7. The Morgan fingerprint density at radius 3 is 2.56 bits per heavy atom. The molecule has 0 fully saturated rings. The standard InChI is InChI=1S/C25H25IN4O6/c1-3-34-21-12-17(13-28-30-25(33)24(32)27-14-19-5-4-10-35-19)11-20(26)23(21)36-15-22(31)29-18-8-6-16(2)7-9-18/h4-13H,3,14-15H2,1-2H3,(H,27,32)(H,29,31)(H,30,33)/b28-13-. The largest absolute Gasteiger partial charge is 0.490 e. The van der Waals surface area contributed by atoms with E-state index in [1.807, 2.05) is 38.1 Å². The van der Waals surface area contributed by atoms with Crippen molar-refractivity contribution in [1.29, 1.82) is 0 Å². The summed E-state index contributed by atoms with van der Waals surface area (Å²) in [7, 11) is 0. The smallest absolute Gasteiger partial charge is 0.329 e. The minimum absolute atomic E-state index is 0.0867. The fourth-order valence-corrected chi connectivity index (χ4v) is 3.70. The Labute approximate surface area is 221 Å². The molecule has 3 rings (SSSR count). The van der Waals surface area contributed by atoms with Crippen LogP contribution in [0.4, 0.5) is 5.69 Å². The molecular weight excluding hydrogens is 579 g/mol. The van der Waals surface area contributed by atoms with Gasteiger partial charge in [-0.2, -0.15) is 5.10 Å². The van der Waals surface area contributed by atoms with E-state index in [1.54, 1.807) is 24.3 Å². The highest BCUT2D eigenvalue weighted by Crippen LogP contribution is 2.34. The van der Waals surface area contributed by atoms with Gasteiger partial charge in [0, 0.05) is 5.69 Å². The minimum atomic E-state index is -0.919. The van der Waals surface area contributed by atoms with Gasteiger partial charge < -0.3 is 24.5 Å². The van der Waals surface area contributed by atoms with Crippen molar-refractivity contribution in [2.45, 2.75) is 20.4 Å². The predicted octanol–water partition coefficient (Wildman–Crippen LogP) is 3.38. The van der Waals surface area contributed by atoms with E-state index >= 15 is 0 Å². The highest BCUT2D eigenvalue weighted by molar-refractivity contribution is 14.1. The number of hydrazone groups is 1. The first-order chi connectivity index (χ1) is 17.4. The Morgan fingerprint density at radius 2 is 1.86 bits per heavy atom. The molecule has 0 bridgehead atoms. The third-order valence-electron chi connectivity index (χ3n) is 4.60. The highest BCUT2D eigenvalue weighted by atomic mass is 127. The molecule has 188 valence electrons. The Kier molecular flexibility index (Phi) is 9.86. The van der Waals surface area contributed by atoms with Gasteiger partial charge in [-0.3, -0.25) is 14.4 Å². The average Bonchev–Trinajstić information content (AvgIpc) is 3.37. The number of nitrogens with one attached hydrogen (secondary N) is 3. The summed E-state index contributed by atoms with van der Waals surface area (Å²) in [4.78, 5) is 36.1. The molecule has 36 heavy (non-hydrogen) atoms. The number of hydrogen-bond donors (Lipinski definition) is 3. The number of carbonyl (C=O) groups is 3. The number of carbonyl (C=O) groups excluding carboxylic acids is 3. The maximum Gasteiger partial charge on any atom is 0.329 e. The summed E-state index contributed by atoms with van der Waals surface area (Å²) in [6.45, 7) is 4.04. The third-order valence-corrected chi connectivity index (χ3v) is 5.41. The molecule has 3 N–H and O–H groups in total. The topological polar surface area (TPSA) is 131 Å². The molecule has 11 heteroatoms. The van der Waals surface area contributed by atoms with Crippen molar-refractivity contribution < 1.29 is 28.3 Å². The van der Waals surface area contributed by atoms with Gasteiger partial charge in [-0.1, -0.05) is 17.7 Å². The number of nitrogens with zero attached hydrogens (tertiary/aromatic N) is 1. The lowest BCUT2D eigenvalue weighted by atomic mass is 10.2. The third kappa shape index (κ3) is 8.12. The number of rotatable bonds is 10. The number of halogens is 1. The van der Waals surface area contributed by atoms with Crippen LogP contribution in [0.1, 0.15) is 23.8 Å². The summed E-state index contributed by atoms with van der Waals surface area (Å²) in [5.41, 5.74) is 4.54. The SMILES string of the molecule is CCOc1cc(/C=N\NC(=O)C(=O)NCc2ccco2)cc(I)c1OCC(=O)Nc1ccc(C)cc1. The van der Waals surface area contributed by atoms with Gasteiger partial charge in [-0.05, 0) is 78.4 Å². The lowest BCUT2D eigenvalue weighted by molar-refractivity contribution is -0.139. The van der Waals surface area contributed by atoms with Crippen molar-refractivity contribution in [1.82, 2.24) is 10.7 Å². The summed E-state index contributed by atoms with van der Waals surface area (Å²) in [5.74, 6) is -0.729. The number of benzene rings is 2. The quantitative estimate of drug-likeness (QED) is 0.141. The van der Waals surface area contributed by atoms with Crippen LogP contribution in [0.25, 0.3) is 0 Å². The van der Waals surface area contributed by atoms with Gasteiger partial charge in [-0.15, -0.1) is 0 Å². The van der Waals surface area contributed by atoms with Crippen molar-refractivity contribution >= 4 is 52.2 Å². The van der Waals surface area contributed by atoms with E-state index in [2.05, 4.69) is 43.8 Å². The van der Waals surface area contributed by atoms with Gasteiger partial charge in [0.1, 0.15) is 5.76 Å². The maximum atomic E-state index is 12.3. The van der Waals surface area contributed by atoms with E-state index in [0.29, 0.717) is 38.7 Å². The highest BCUT2D eigenvalue weighted by Gasteiger charge is 2.15. The molecule has 3 amide bonds. The number of anilines is 1. The second kappa shape index (κ2) is 13.3. The zero-order chi connectivity index (χ0) is 25.9. The molecule has 0 spiro atoms. The first-order valence-corrected chi connectivity index (χ1v) is 12.0. The van der Waals surface area contributed by atoms with E-state index in [4.69, 9.17) is 13.9 Å². The zero-order valence-electron chi connectivity index (χ0n) is 19.7. The molecule has 3 aromatic rings. The van der Waals surface area contributed by atoms with Crippen molar-refractivity contribution in [3.63, 3.8) is 0 Å². The van der Waals surface area contributed by atoms with Crippen molar-refractivity contribution in [3.8, 4) is 11.5 Å². The molecule has 0 atom stereocenters. The van der Waals surface area contributed by atoms with Crippen LogP contribution in [0.15, 0.2) is 64.3 Å². The second-order valence-corrected chi connectivity index (χ2v) is 8.59. The molecule has 10 nitrogen and oxygen atoms in total. The maximum absolute atomic E-state index is 12.3. The average molecular weight is 604 g/mol. The van der Waals surface area contributed by atoms with Crippen LogP contribution in [-0.2, 0) is 20.9 Å². The van der Waals surface area contributed by atoms with E-state index in [9.17, 15) is 14.4 Å². The molecule has 0 saturated heterocycles. The molecule has 0 aliphatic carbocycles. The first kappa shape index (κ1) is 26.7. The Morgan fingerprint density at radius 1 is 1.08 bits per heavy atom. The molecule has 0 radical (unpaired) electrons. The van der Waals surface area contributed by atoms with Crippen molar-refractivity contribution in [2.75, 3.05) is 18.5 Å². The van der Waals surface area contributed by atoms with Crippen LogP contribution in [0.3, 0.4) is 0 Å².